The summed E-state index contributed by atoms with van der Waals surface area (Å²) in [6, 6.07) is 5.63. The number of likely N-dealkylation sites (tertiary alicyclic amines) is 1. The van der Waals surface area contributed by atoms with Crippen molar-refractivity contribution in [1.82, 2.24) is 25.0 Å². The molecule has 26 heavy (non-hydrogen) atoms. The Hall–Kier alpha value is -2.70. The summed E-state index contributed by atoms with van der Waals surface area (Å²) in [5.41, 5.74) is 2.47. The second-order valence-electron chi connectivity index (χ2n) is 7.42. The van der Waals surface area contributed by atoms with Crippen LogP contribution in [0.2, 0.25) is 0 Å². The Balaban J connectivity index is 1.27. The van der Waals surface area contributed by atoms with Crippen molar-refractivity contribution in [2.45, 2.75) is 38.0 Å². The van der Waals surface area contributed by atoms with Crippen molar-refractivity contribution in [3.8, 4) is 0 Å². The molecule has 1 saturated carbocycles. The smallest absolute Gasteiger partial charge is 0.253 e. The molecular formula is C19H21N5O2. The van der Waals surface area contributed by atoms with Crippen LogP contribution in [0.5, 0.6) is 0 Å². The lowest BCUT2D eigenvalue weighted by Gasteiger charge is -2.32. The highest BCUT2D eigenvalue weighted by atomic mass is 16.5. The maximum absolute atomic E-state index is 12.9. The van der Waals surface area contributed by atoms with E-state index >= 15 is 0 Å². The van der Waals surface area contributed by atoms with Gasteiger partial charge in [-0.2, -0.15) is 4.98 Å². The van der Waals surface area contributed by atoms with E-state index in [2.05, 4.69) is 20.1 Å². The van der Waals surface area contributed by atoms with E-state index in [4.69, 9.17) is 4.52 Å². The predicted molar refractivity (Wildman–Crippen MR) is 94.7 cm³/mol. The first-order valence-corrected chi connectivity index (χ1v) is 9.31. The highest BCUT2D eigenvalue weighted by Gasteiger charge is 2.30. The van der Waals surface area contributed by atoms with Crippen LogP contribution in [0.25, 0.3) is 11.0 Å². The van der Waals surface area contributed by atoms with Gasteiger partial charge < -0.3 is 14.4 Å². The minimum atomic E-state index is 0.0791. The fraction of sp³-hybridized carbons (Fsp3) is 0.474. The van der Waals surface area contributed by atoms with Crippen LogP contribution in [0.3, 0.4) is 0 Å². The van der Waals surface area contributed by atoms with Crippen molar-refractivity contribution in [3.63, 3.8) is 0 Å². The van der Waals surface area contributed by atoms with Crippen molar-refractivity contribution in [2.24, 2.45) is 5.92 Å². The van der Waals surface area contributed by atoms with Gasteiger partial charge in [-0.15, -0.1) is 0 Å². The molecule has 7 heteroatoms. The third kappa shape index (κ3) is 2.98. The van der Waals surface area contributed by atoms with E-state index < -0.39 is 0 Å². The van der Waals surface area contributed by atoms with Gasteiger partial charge in [0.25, 0.3) is 5.91 Å². The Morgan fingerprint density at radius 1 is 1.31 bits per heavy atom. The van der Waals surface area contributed by atoms with E-state index in [-0.39, 0.29) is 5.91 Å². The third-order valence-electron chi connectivity index (χ3n) is 5.36. The minimum Gasteiger partial charge on any atom is -0.345 e. The van der Waals surface area contributed by atoms with Crippen LogP contribution >= 0.6 is 0 Å². The summed E-state index contributed by atoms with van der Waals surface area (Å²) in [7, 11) is 0. The molecular weight excluding hydrogens is 330 g/mol. The van der Waals surface area contributed by atoms with Gasteiger partial charge in [-0.3, -0.25) is 4.79 Å². The lowest BCUT2D eigenvalue weighted by molar-refractivity contribution is 0.0668. The molecule has 7 nitrogen and oxygen atoms in total. The van der Waals surface area contributed by atoms with Gasteiger partial charge in [0.1, 0.15) is 0 Å². The molecule has 0 bridgehead atoms. The van der Waals surface area contributed by atoms with Gasteiger partial charge in [0, 0.05) is 31.0 Å². The lowest BCUT2D eigenvalue weighted by Crippen LogP contribution is -2.40. The average molecular weight is 351 g/mol. The molecule has 1 aromatic carbocycles. The molecule has 2 fully saturated rings. The van der Waals surface area contributed by atoms with Crippen molar-refractivity contribution in [3.05, 3.63) is 41.8 Å². The van der Waals surface area contributed by atoms with Gasteiger partial charge >= 0.3 is 0 Å². The zero-order valence-corrected chi connectivity index (χ0v) is 14.5. The number of carbonyl (C=O) groups is 1. The molecule has 2 aliphatic rings. The van der Waals surface area contributed by atoms with Crippen molar-refractivity contribution in [1.29, 1.82) is 0 Å². The Labute approximate surface area is 150 Å². The van der Waals surface area contributed by atoms with Crippen LogP contribution in [0.15, 0.2) is 29.0 Å². The van der Waals surface area contributed by atoms with Gasteiger partial charge in [0.15, 0.2) is 5.82 Å². The summed E-state index contributed by atoms with van der Waals surface area (Å²) in [6.45, 7) is 1.54. The van der Waals surface area contributed by atoms with Crippen LogP contribution in [-0.4, -0.2) is 44.0 Å². The number of aromatic nitrogens is 4. The molecule has 3 aromatic rings. The summed E-state index contributed by atoms with van der Waals surface area (Å²) < 4.78 is 5.41. The van der Waals surface area contributed by atoms with E-state index in [1.807, 2.05) is 23.1 Å². The molecule has 134 valence electrons. The number of amides is 1. The van der Waals surface area contributed by atoms with Gasteiger partial charge in [0.05, 0.1) is 17.4 Å². The van der Waals surface area contributed by atoms with Crippen LogP contribution < -0.4 is 0 Å². The molecule has 1 amide bonds. The molecule has 1 unspecified atom stereocenters. The normalized spacial score (nSPS) is 20.6. The van der Waals surface area contributed by atoms with E-state index in [1.165, 1.54) is 12.8 Å². The third-order valence-corrected chi connectivity index (χ3v) is 5.36. The quantitative estimate of drug-likeness (QED) is 0.781. The Morgan fingerprint density at radius 3 is 3.12 bits per heavy atom. The summed E-state index contributed by atoms with van der Waals surface area (Å²) in [6.07, 6.45) is 6.84. The first-order chi connectivity index (χ1) is 12.8. The number of imidazole rings is 1. The number of rotatable bonds is 4. The molecule has 2 aromatic heterocycles. The zero-order valence-electron chi connectivity index (χ0n) is 14.5. The summed E-state index contributed by atoms with van der Waals surface area (Å²) in [5, 5.41) is 4.09. The second-order valence-corrected chi connectivity index (χ2v) is 7.42. The van der Waals surface area contributed by atoms with Crippen LogP contribution in [0.4, 0.5) is 0 Å². The van der Waals surface area contributed by atoms with Gasteiger partial charge in [-0.25, -0.2) is 4.98 Å². The fourth-order valence-electron chi connectivity index (χ4n) is 3.77. The Bertz CT molecular complexity index is 942. The van der Waals surface area contributed by atoms with Crippen molar-refractivity contribution in [2.75, 3.05) is 13.1 Å². The standard InChI is InChI=1S/C19H21N5O2/c25-19(14-5-6-15-16(9-14)21-11-20-15)24-7-1-2-12(10-24)8-17-22-18(23-26-17)13-3-4-13/h5-6,9,11-13H,1-4,7-8,10H2,(H,20,21). The molecule has 1 aliphatic carbocycles. The number of aromatic amines is 1. The number of H-pyrrole nitrogens is 1. The number of carbonyl (C=O) groups excluding carboxylic acids is 1. The average Bonchev–Trinajstić information content (AvgIpc) is 3.23. The summed E-state index contributed by atoms with van der Waals surface area (Å²) >= 11 is 0. The van der Waals surface area contributed by atoms with Gasteiger partial charge in [0.2, 0.25) is 5.89 Å². The minimum absolute atomic E-state index is 0.0791. The second kappa shape index (κ2) is 6.23. The molecule has 1 N–H and O–H groups in total. The maximum Gasteiger partial charge on any atom is 0.253 e. The highest BCUT2D eigenvalue weighted by Crippen LogP contribution is 2.38. The molecule has 0 radical (unpaired) electrons. The summed E-state index contributed by atoms with van der Waals surface area (Å²) in [4.78, 5) is 26.7. The Morgan fingerprint density at radius 2 is 2.23 bits per heavy atom. The van der Waals surface area contributed by atoms with Crippen molar-refractivity contribution >= 4 is 16.9 Å². The number of hydrogen-bond acceptors (Lipinski definition) is 5. The van der Waals surface area contributed by atoms with E-state index in [1.54, 1.807) is 6.33 Å². The van der Waals surface area contributed by atoms with E-state index in [0.29, 0.717) is 23.3 Å². The SMILES string of the molecule is O=C(c1ccc2nc[nH]c2c1)N1CCCC(Cc2nc(C3CC3)no2)C1. The predicted octanol–water partition coefficient (Wildman–Crippen LogP) is 2.92. The van der Waals surface area contributed by atoms with Crippen LogP contribution in [0.1, 0.15) is 53.7 Å². The molecule has 1 aliphatic heterocycles. The highest BCUT2D eigenvalue weighted by molar-refractivity contribution is 5.97. The first kappa shape index (κ1) is 15.5. The number of fused-ring (bicyclic) bond motifs is 1. The lowest BCUT2D eigenvalue weighted by atomic mass is 9.94. The monoisotopic (exact) mass is 351 g/mol. The fourth-order valence-corrected chi connectivity index (χ4v) is 3.77. The number of nitrogens with zero attached hydrogens (tertiary/aromatic N) is 4. The Kier molecular flexibility index (Phi) is 3.72. The number of nitrogens with one attached hydrogen (secondary N) is 1. The van der Waals surface area contributed by atoms with Gasteiger partial charge in [-0.1, -0.05) is 5.16 Å². The number of piperidine rings is 1. The van der Waals surface area contributed by atoms with Gasteiger partial charge in [-0.05, 0) is 49.8 Å². The number of benzene rings is 1. The molecule has 3 heterocycles. The maximum atomic E-state index is 12.9. The van der Waals surface area contributed by atoms with E-state index in [0.717, 1.165) is 49.2 Å². The van der Waals surface area contributed by atoms with Crippen LogP contribution in [0, 0.1) is 5.92 Å². The van der Waals surface area contributed by atoms with E-state index in [9.17, 15) is 4.79 Å². The molecule has 1 saturated heterocycles. The van der Waals surface area contributed by atoms with Crippen molar-refractivity contribution < 1.29 is 9.32 Å². The topological polar surface area (TPSA) is 87.9 Å². The van der Waals surface area contributed by atoms with Crippen LogP contribution in [-0.2, 0) is 6.42 Å². The molecule has 0 spiro atoms. The zero-order chi connectivity index (χ0) is 17.5. The first-order valence-electron chi connectivity index (χ1n) is 9.31. The number of hydrogen-bond donors (Lipinski definition) is 1. The largest absolute Gasteiger partial charge is 0.345 e. The summed E-state index contributed by atoms with van der Waals surface area (Å²) in [5.74, 6) is 2.53. The molecule has 5 rings (SSSR count). The molecule has 1 atom stereocenters.